The molecule has 13 heavy (non-hydrogen) atoms. The summed E-state index contributed by atoms with van der Waals surface area (Å²) in [5.41, 5.74) is 0. The molecular weight excluding hydrogens is 196 g/mol. The number of hydrogen-bond donors (Lipinski definition) is 1. The Morgan fingerprint density at radius 2 is 2.00 bits per heavy atom. The van der Waals surface area contributed by atoms with Crippen LogP contribution < -0.4 is 5.14 Å². The highest BCUT2D eigenvalue weighted by molar-refractivity contribution is 7.84. The van der Waals surface area contributed by atoms with Crippen LogP contribution in [0.1, 0.15) is 0 Å². The van der Waals surface area contributed by atoms with Crippen molar-refractivity contribution in [3.63, 3.8) is 0 Å². The first-order valence-corrected chi connectivity index (χ1v) is 5.52. The number of hydrogen-bond acceptors (Lipinski definition) is 5. The lowest BCUT2D eigenvalue weighted by Gasteiger charge is -2.25. The van der Waals surface area contributed by atoms with Gasteiger partial charge >= 0.3 is 10.3 Å². The fraction of sp³-hybridized carbons (Fsp3) is 1.00. The van der Waals surface area contributed by atoms with Crippen molar-refractivity contribution in [2.75, 3.05) is 39.5 Å². The number of morpholine rings is 1. The highest BCUT2D eigenvalue weighted by Crippen LogP contribution is 1.96. The number of ether oxygens (including phenoxy) is 1. The smallest absolute Gasteiger partial charge is 0.333 e. The van der Waals surface area contributed by atoms with Gasteiger partial charge in [0.2, 0.25) is 0 Å². The standard InChI is InChI=1S/C6H14N2O4S/c7-13(9,10)12-6-3-8-1-4-11-5-2-8/h1-6H2,(H2,7,9,10). The summed E-state index contributed by atoms with van der Waals surface area (Å²) in [6.07, 6.45) is 0. The molecule has 7 heteroatoms. The molecule has 1 saturated heterocycles. The minimum absolute atomic E-state index is 0.110. The van der Waals surface area contributed by atoms with Gasteiger partial charge in [0.1, 0.15) is 0 Å². The van der Waals surface area contributed by atoms with Crippen LogP contribution in [-0.2, 0) is 19.2 Å². The van der Waals surface area contributed by atoms with Gasteiger partial charge in [-0.3, -0.25) is 9.08 Å². The third kappa shape index (κ3) is 5.17. The predicted octanol–water partition coefficient (Wildman–Crippen LogP) is -1.46. The van der Waals surface area contributed by atoms with Crippen molar-refractivity contribution in [3.05, 3.63) is 0 Å². The highest BCUT2D eigenvalue weighted by Gasteiger charge is 2.10. The van der Waals surface area contributed by atoms with Gasteiger partial charge in [0.15, 0.2) is 0 Å². The molecule has 2 N–H and O–H groups in total. The molecule has 1 aliphatic rings. The Bertz CT molecular complexity index is 235. The van der Waals surface area contributed by atoms with Crippen molar-refractivity contribution >= 4 is 10.3 Å². The average molecular weight is 210 g/mol. The van der Waals surface area contributed by atoms with Gasteiger partial charge in [-0.15, -0.1) is 0 Å². The van der Waals surface area contributed by atoms with E-state index in [4.69, 9.17) is 4.74 Å². The Labute approximate surface area is 77.9 Å². The van der Waals surface area contributed by atoms with Gasteiger partial charge in [0.05, 0.1) is 19.8 Å². The molecule has 0 spiro atoms. The zero-order chi connectivity index (χ0) is 9.73. The molecule has 0 aromatic rings. The zero-order valence-electron chi connectivity index (χ0n) is 7.31. The first-order chi connectivity index (χ1) is 6.08. The van der Waals surface area contributed by atoms with E-state index in [1.54, 1.807) is 0 Å². The Morgan fingerprint density at radius 3 is 2.54 bits per heavy atom. The molecule has 6 nitrogen and oxygen atoms in total. The molecule has 1 heterocycles. The summed E-state index contributed by atoms with van der Waals surface area (Å²) in [7, 11) is -3.78. The number of rotatable bonds is 4. The first kappa shape index (κ1) is 10.9. The summed E-state index contributed by atoms with van der Waals surface area (Å²) in [6, 6.07) is 0. The maximum Gasteiger partial charge on any atom is 0.333 e. The Balaban J connectivity index is 2.11. The van der Waals surface area contributed by atoms with Gasteiger partial charge in [0, 0.05) is 19.6 Å². The van der Waals surface area contributed by atoms with Crippen molar-refractivity contribution in [2.45, 2.75) is 0 Å². The molecule has 0 aliphatic carbocycles. The maximum absolute atomic E-state index is 10.4. The molecule has 78 valence electrons. The van der Waals surface area contributed by atoms with Crippen LogP contribution >= 0.6 is 0 Å². The Hall–Kier alpha value is -0.210. The quantitative estimate of drug-likeness (QED) is 0.613. The van der Waals surface area contributed by atoms with Crippen molar-refractivity contribution in [2.24, 2.45) is 5.14 Å². The Morgan fingerprint density at radius 1 is 1.38 bits per heavy atom. The first-order valence-electron chi connectivity index (χ1n) is 4.05. The van der Waals surface area contributed by atoms with E-state index < -0.39 is 10.3 Å². The second-order valence-electron chi connectivity index (χ2n) is 2.77. The van der Waals surface area contributed by atoms with E-state index >= 15 is 0 Å². The summed E-state index contributed by atoms with van der Waals surface area (Å²) in [5, 5.41) is 4.66. The van der Waals surface area contributed by atoms with Gasteiger partial charge in [-0.2, -0.15) is 8.42 Å². The molecule has 0 radical (unpaired) electrons. The van der Waals surface area contributed by atoms with E-state index in [2.05, 4.69) is 14.2 Å². The van der Waals surface area contributed by atoms with E-state index in [-0.39, 0.29) is 6.61 Å². The molecular formula is C6H14N2O4S. The minimum atomic E-state index is -3.78. The molecule has 1 aliphatic heterocycles. The number of nitrogens with two attached hydrogens (primary N) is 1. The van der Waals surface area contributed by atoms with Crippen LogP contribution in [0.25, 0.3) is 0 Å². The molecule has 0 atom stereocenters. The van der Waals surface area contributed by atoms with Gasteiger partial charge < -0.3 is 4.74 Å². The zero-order valence-corrected chi connectivity index (χ0v) is 8.12. The normalized spacial score (nSPS) is 20.4. The maximum atomic E-state index is 10.4. The van der Waals surface area contributed by atoms with Crippen molar-refractivity contribution < 1.29 is 17.3 Å². The summed E-state index contributed by atoms with van der Waals surface area (Å²) < 4.78 is 30.3. The fourth-order valence-corrected chi connectivity index (χ4v) is 1.41. The van der Waals surface area contributed by atoms with E-state index in [0.717, 1.165) is 13.1 Å². The monoisotopic (exact) mass is 210 g/mol. The largest absolute Gasteiger partial charge is 0.379 e. The molecule has 1 rings (SSSR count). The van der Waals surface area contributed by atoms with Crippen LogP contribution in [0.2, 0.25) is 0 Å². The second kappa shape index (κ2) is 4.87. The molecule has 0 amide bonds. The van der Waals surface area contributed by atoms with Gasteiger partial charge in [0.25, 0.3) is 0 Å². The average Bonchev–Trinajstić information content (AvgIpc) is 2.04. The Kier molecular flexibility index (Phi) is 4.07. The van der Waals surface area contributed by atoms with Gasteiger partial charge in [-0.25, -0.2) is 5.14 Å². The summed E-state index contributed by atoms with van der Waals surface area (Å²) in [4.78, 5) is 2.06. The molecule has 0 aromatic heterocycles. The van der Waals surface area contributed by atoms with Crippen LogP contribution in [0.3, 0.4) is 0 Å². The predicted molar refractivity (Wildman–Crippen MR) is 46.3 cm³/mol. The third-order valence-corrected chi connectivity index (χ3v) is 2.25. The van der Waals surface area contributed by atoms with E-state index in [9.17, 15) is 8.42 Å². The SMILES string of the molecule is NS(=O)(=O)OCCN1CCOCC1. The van der Waals surface area contributed by atoms with E-state index in [1.165, 1.54) is 0 Å². The lowest BCUT2D eigenvalue weighted by atomic mass is 10.4. The summed E-state index contributed by atoms with van der Waals surface area (Å²) in [6.45, 7) is 3.69. The van der Waals surface area contributed by atoms with Gasteiger partial charge in [-0.05, 0) is 0 Å². The summed E-state index contributed by atoms with van der Waals surface area (Å²) in [5.74, 6) is 0. The van der Waals surface area contributed by atoms with E-state index in [1.807, 2.05) is 0 Å². The van der Waals surface area contributed by atoms with Crippen molar-refractivity contribution in [3.8, 4) is 0 Å². The van der Waals surface area contributed by atoms with Crippen molar-refractivity contribution in [1.29, 1.82) is 0 Å². The molecule has 0 aromatic carbocycles. The lowest BCUT2D eigenvalue weighted by Crippen LogP contribution is -2.38. The van der Waals surface area contributed by atoms with E-state index in [0.29, 0.717) is 19.8 Å². The molecule has 0 bridgehead atoms. The second-order valence-corrected chi connectivity index (χ2v) is 3.99. The minimum Gasteiger partial charge on any atom is -0.379 e. The summed E-state index contributed by atoms with van der Waals surface area (Å²) >= 11 is 0. The lowest BCUT2D eigenvalue weighted by molar-refractivity contribution is 0.0326. The molecule has 1 fully saturated rings. The fourth-order valence-electron chi connectivity index (χ4n) is 1.11. The van der Waals surface area contributed by atoms with Crippen LogP contribution in [0.4, 0.5) is 0 Å². The van der Waals surface area contributed by atoms with Crippen LogP contribution in [-0.4, -0.2) is 52.8 Å². The van der Waals surface area contributed by atoms with Crippen molar-refractivity contribution in [1.82, 2.24) is 4.90 Å². The molecule has 0 saturated carbocycles. The third-order valence-electron chi connectivity index (χ3n) is 1.76. The topological polar surface area (TPSA) is 81.9 Å². The van der Waals surface area contributed by atoms with Crippen LogP contribution in [0, 0.1) is 0 Å². The highest BCUT2D eigenvalue weighted by atomic mass is 32.2. The van der Waals surface area contributed by atoms with Crippen LogP contribution in [0.15, 0.2) is 0 Å². The number of nitrogens with zero attached hydrogens (tertiary/aromatic N) is 1. The van der Waals surface area contributed by atoms with Crippen LogP contribution in [0.5, 0.6) is 0 Å². The molecule has 0 unspecified atom stereocenters. The van der Waals surface area contributed by atoms with Gasteiger partial charge in [-0.1, -0.05) is 0 Å².